The van der Waals surface area contributed by atoms with Crippen LogP contribution in [0.4, 0.5) is 0 Å². The molecule has 0 fully saturated rings. The molecule has 0 atom stereocenters. The Morgan fingerprint density at radius 1 is 1.11 bits per heavy atom. The molecule has 0 aliphatic rings. The summed E-state index contributed by atoms with van der Waals surface area (Å²) in [6, 6.07) is 1.76. The number of fused-ring (bicyclic) bond motifs is 1. The summed E-state index contributed by atoms with van der Waals surface area (Å²) >= 11 is 0. The fraction of sp³-hybridized carbons (Fsp3) is 0.368. The van der Waals surface area contributed by atoms with Crippen molar-refractivity contribution in [2.24, 2.45) is 0 Å². The summed E-state index contributed by atoms with van der Waals surface area (Å²) in [5.41, 5.74) is 1.63. The van der Waals surface area contributed by atoms with Crippen molar-refractivity contribution >= 4 is 22.7 Å². The zero-order valence-electron chi connectivity index (χ0n) is 16.0. The second kappa shape index (κ2) is 6.86. The zero-order chi connectivity index (χ0) is 19.8. The lowest BCUT2D eigenvalue weighted by atomic mass is 10.1. The van der Waals surface area contributed by atoms with Crippen LogP contribution in [-0.4, -0.2) is 42.1 Å². The van der Waals surface area contributed by atoms with Crippen molar-refractivity contribution in [3.8, 4) is 11.3 Å². The van der Waals surface area contributed by atoms with Gasteiger partial charge in [0.15, 0.2) is 5.78 Å². The number of rotatable bonds is 4. The van der Waals surface area contributed by atoms with Gasteiger partial charge in [-0.25, -0.2) is 9.97 Å². The molecule has 0 aromatic carbocycles. The van der Waals surface area contributed by atoms with Crippen molar-refractivity contribution in [2.45, 2.75) is 46.8 Å². The van der Waals surface area contributed by atoms with Gasteiger partial charge in [0.05, 0.1) is 17.4 Å². The Bertz CT molecular complexity index is 1020. The van der Waals surface area contributed by atoms with E-state index in [1.54, 1.807) is 52.4 Å². The molecule has 0 saturated carbocycles. The summed E-state index contributed by atoms with van der Waals surface area (Å²) in [6.45, 7) is 8.53. The van der Waals surface area contributed by atoms with E-state index in [-0.39, 0.29) is 18.0 Å². The minimum Gasteiger partial charge on any atom is -0.459 e. The lowest BCUT2D eigenvalue weighted by Gasteiger charge is -2.19. The molecule has 0 spiro atoms. The Morgan fingerprint density at radius 3 is 2.37 bits per heavy atom. The first-order valence-electron chi connectivity index (χ1n) is 8.52. The SMILES string of the molecule is CC(=O)c1nn(CC(=O)OC(C)(C)C)c2cnc(-c3cnc(C)nc3)cc12. The lowest BCUT2D eigenvalue weighted by molar-refractivity contribution is -0.155. The minimum atomic E-state index is -0.597. The molecule has 3 aromatic rings. The number of pyridine rings is 1. The van der Waals surface area contributed by atoms with Crippen LogP contribution in [0.2, 0.25) is 0 Å². The first kappa shape index (κ1) is 18.6. The van der Waals surface area contributed by atoms with Gasteiger partial charge in [-0.2, -0.15) is 5.10 Å². The van der Waals surface area contributed by atoms with E-state index < -0.39 is 11.6 Å². The van der Waals surface area contributed by atoms with Crippen molar-refractivity contribution in [3.63, 3.8) is 0 Å². The topological polar surface area (TPSA) is 99.9 Å². The maximum atomic E-state index is 12.2. The van der Waals surface area contributed by atoms with Crippen molar-refractivity contribution < 1.29 is 14.3 Å². The molecule has 0 unspecified atom stereocenters. The van der Waals surface area contributed by atoms with E-state index in [1.807, 2.05) is 0 Å². The Morgan fingerprint density at radius 2 is 1.78 bits per heavy atom. The van der Waals surface area contributed by atoms with E-state index in [2.05, 4.69) is 20.1 Å². The van der Waals surface area contributed by atoms with Gasteiger partial charge in [-0.1, -0.05) is 0 Å². The highest BCUT2D eigenvalue weighted by molar-refractivity contribution is 6.05. The molecule has 0 aliphatic carbocycles. The number of ether oxygens (including phenoxy) is 1. The second-order valence-electron chi connectivity index (χ2n) is 7.25. The van der Waals surface area contributed by atoms with Gasteiger partial charge >= 0.3 is 5.97 Å². The molecule has 8 nitrogen and oxygen atoms in total. The Labute approximate surface area is 156 Å². The van der Waals surface area contributed by atoms with Crippen LogP contribution in [0.15, 0.2) is 24.7 Å². The Hall–Kier alpha value is -3.16. The largest absolute Gasteiger partial charge is 0.459 e. The van der Waals surface area contributed by atoms with Crippen LogP contribution < -0.4 is 0 Å². The van der Waals surface area contributed by atoms with Gasteiger partial charge in [0, 0.05) is 30.3 Å². The summed E-state index contributed by atoms with van der Waals surface area (Å²) < 4.78 is 6.79. The number of esters is 1. The molecule has 0 N–H and O–H groups in total. The maximum Gasteiger partial charge on any atom is 0.328 e. The van der Waals surface area contributed by atoms with Gasteiger partial charge in [-0.3, -0.25) is 19.3 Å². The van der Waals surface area contributed by atoms with Crippen LogP contribution >= 0.6 is 0 Å². The van der Waals surface area contributed by atoms with E-state index in [1.165, 1.54) is 11.6 Å². The number of carbonyl (C=O) groups is 2. The highest BCUT2D eigenvalue weighted by Gasteiger charge is 2.21. The van der Waals surface area contributed by atoms with E-state index >= 15 is 0 Å². The molecule has 27 heavy (non-hydrogen) atoms. The molecule has 3 heterocycles. The number of Topliss-reactive ketones (excluding diaryl/α,β-unsaturated/α-hetero) is 1. The average molecular weight is 367 g/mol. The van der Waals surface area contributed by atoms with Gasteiger partial charge in [-0.05, 0) is 33.8 Å². The second-order valence-corrected chi connectivity index (χ2v) is 7.25. The molecule has 3 aromatic heterocycles. The molecular weight excluding hydrogens is 346 g/mol. The fourth-order valence-electron chi connectivity index (χ4n) is 2.63. The quantitative estimate of drug-likeness (QED) is 0.516. The van der Waals surface area contributed by atoms with Crippen LogP contribution in [0.3, 0.4) is 0 Å². The van der Waals surface area contributed by atoms with Gasteiger partial charge in [0.2, 0.25) is 0 Å². The predicted molar refractivity (Wildman–Crippen MR) is 99.1 cm³/mol. The molecule has 0 bridgehead atoms. The number of aryl methyl sites for hydroxylation is 1. The summed E-state index contributed by atoms with van der Waals surface area (Å²) in [6.07, 6.45) is 4.94. The third-order valence-electron chi connectivity index (χ3n) is 3.75. The van der Waals surface area contributed by atoms with Crippen molar-refractivity contribution in [1.29, 1.82) is 0 Å². The monoisotopic (exact) mass is 367 g/mol. The van der Waals surface area contributed by atoms with Crippen molar-refractivity contribution in [1.82, 2.24) is 24.7 Å². The first-order valence-corrected chi connectivity index (χ1v) is 8.52. The summed E-state index contributed by atoms with van der Waals surface area (Å²) in [5.74, 6) is 0.0349. The number of nitrogens with zero attached hydrogens (tertiary/aromatic N) is 5. The van der Waals surface area contributed by atoms with Gasteiger partial charge in [0.25, 0.3) is 0 Å². The number of hydrogen-bond donors (Lipinski definition) is 0. The number of carbonyl (C=O) groups excluding carboxylic acids is 2. The van der Waals surface area contributed by atoms with Gasteiger partial charge in [-0.15, -0.1) is 0 Å². The molecule has 3 rings (SSSR count). The van der Waals surface area contributed by atoms with Crippen LogP contribution in [0, 0.1) is 6.92 Å². The smallest absolute Gasteiger partial charge is 0.328 e. The van der Waals surface area contributed by atoms with Gasteiger partial charge < -0.3 is 4.74 Å². The highest BCUT2D eigenvalue weighted by atomic mass is 16.6. The highest BCUT2D eigenvalue weighted by Crippen LogP contribution is 2.24. The molecule has 0 saturated heterocycles. The van der Waals surface area contributed by atoms with Crippen molar-refractivity contribution in [2.75, 3.05) is 0 Å². The normalized spacial score (nSPS) is 11.6. The van der Waals surface area contributed by atoms with E-state index in [0.29, 0.717) is 22.4 Å². The average Bonchev–Trinajstić information content (AvgIpc) is 2.92. The summed E-state index contributed by atoms with van der Waals surface area (Å²) in [4.78, 5) is 37.0. The molecule has 0 amide bonds. The fourth-order valence-corrected chi connectivity index (χ4v) is 2.63. The van der Waals surface area contributed by atoms with Crippen LogP contribution in [-0.2, 0) is 16.1 Å². The molecule has 140 valence electrons. The molecule has 0 aliphatic heterocycles. The predicted octanol–water partition coefficient (Wildman–Crippen LogP) is 2.74. The minimum absolute atomic E-state index is 0.101. The van der Waals surface area contributed by atoms with Crippen molar-refractivity contribution in [3.05, 3.63) is 36.2 Å². The van der Waals surface area contributed by atoms with Crippen LogP contribution in [0.25, 0.3) is 22.2 Å². The van der Waals surface area contributed by atoms with E-state index in [9.17, 15) is 9.59 Å². The number of aromatic nitrogens is 5. The molecular formula is C19H21N5O3. The number of ketones is 1. The zero-order valence-corrected chi connectivity index (χ0v) is 16.0. The van der Waals surface area contributed by atoms with Crippen LogP contribution in [0.5, 0.6) is 0 Å². The third-order valence-corrected chi connectivity index (χ3v) is 3.75. The lowest BCUT2D eigenvalue weighted by Crippen LogP contribution is -2.26. The first-order chi connectivity index (χ1) is 12.6. The third kappa shape index (κ3) is 4.16. The van der Waals surface area contributed by atoms with Crippen LogP contribution in [0.1, 0.15) is 44.0 Å². The maximum absolute atomic E-state index is 12.2. The number of hydrogen-bond acceptors (Lipinski definition) is 7. The standard InChI is InChI=1S/C19H21N5O3/c1-11(25)18-14-6-15(13-7-20-12(2)21-8-13)22-9-16(14)24(23-18)10-17(26)27-19(3,4)5/h6-9H,10H2,1-5H3. The Kier molecular flexibility index (Phi) is 4.73. The van der Waals surface area contributed by atoms with E-state index in [0.717, 1.165) is 5.56 Å². The molecule has 8 heteroatoms. The summed E-state index contributed by atoms with van der Waals surface area (Å²) in [7, 11) is 0. The molecule has 0 radical (unpaired) electrons. The Balaban J connectivity index is 2.03. The van der Waals surface area contributed by atoms with Gasteiger partial charge in [0.1, 0.15) is 23.7 Å². The van der Waals surface area contributed by atoms with E-state index in [4.69, 9.17) is 4.74 Å². The summed E-state index contributed by atoms with van der Waals surface area (Å²) in [5, 5.41) is 4.92.